The third kappa shape index (κ3) is 3.97. The van der Waals surface area contributed by atoms with Gasteiger partial charge < -0.3 is 16.0 Å². The van der Waals surface area contributed by atoms with Crippen molar-refractivity contribution in [2.24, 2.45) is 11.7 Å². The van der Waals surface area contributed by atoms with E-state index < -0.39 is 0 Å². The Bertz CT molecular complexity index is 499. The molecule has 116 valence electrons. The smallest absolute Gasteiger partial charge is 0.229 e. The highest BCUT2D eigenvalue weighted by Gasteiger charge is 2.27. The number of nitrogens with one attached hydrogen (secondary N) is 1. The molecule has 0 aliphatic heterocycles. The Morgan fingerprint density at radius 2 is 1.95 bits per heavy atom. The molecule has 0 spiro atoms. The fourth-order valence-corrected chi connectivity index (χ4v) is 2.95. The van der Waals surface area contributed by atoms with E-state index in [0.717, 1.165) is 42.6 Å². The third-order valence-corrected chi connectivity index (χ3v) is 4.39. The molecule has 2 rings (SSSR count). The monoisotopic (exact) mass is 289 g/mol. The van der Waals surface area contributed by atoms with E-state index in [0.29, 0.717) is 0 Å². The predicted molar refractivity (Wildman–Crippen MR) is 88.7 cm³/mol. The molecule has 1 fully saturated rings. The molecule has 4 heteroatoms. The number of hydrogen-bond donors (Lipinski definition) is 2. The van der Waals surface area contributed by atoms with Gasteiger partial charge in [0.25, 0.3) is 0 Å². The largest absolute Gasteiger partial charge is 0.378 e. The van der Waals surface area contributed by atoms with Crippen LogP contribution in [0.25, 0.3) is 0 Å². The van der Waals surface area contributed by atoms with Gasteiger partial charge in [-0.3, -0.25) is 4.79 Å². The molecule has 1 aromatic carbocycles. The molecule has 0 saturated heterocycles. The Labute approximate surface area is 127 Å². The highest BCUT2D eigenvalue weighted by molar-refractivity contribution is 5.94. The lowest BCUT2D eigenvalue weighted by Crippen LogP contribution is -2.37. The second-order valence-electron chi connectivity index (χ2n) is 6.29. The molecule has 4 nitrogen and oxygen atoms in total. The van der Waals surface area contributed by atoms with Crippen molar-refractivity contribution in [1.82, 2.24) is 0 Å². The summed E-state index contributed by atoms with van der Waals surface area (Å²) >= 11 is 0. The van der Waals surface area contributed by atoms with E-state index in [1.807, 2.05) is 33.2 Å². The average molecular weight is 289 g/mol. The minimum absolute atomic E-state index is 0.00569. The zero-order valence-electron chi connectivity index (χ0n) is 13.4. The van der Waals surface area contributed by atoms with E-state index in [9.17, 15) is 4.79 Å². The lowest BCUT2D eigenvalue weighted by molar-refractivity contribution is -0.120. The van der Waals surface area contributed by atoms with Crippen LogP contribution in [0.5, 0.6) is 0 Å². The van der Waals surface area contributed by atoms with E-state index >= 15 is 0 Å². The summed E-state index contributed by atoms with van der Waals surface area (Å²) in [6.07, 6.45) is 5.29. The summed E-state index contributed by atoms with van der Waals surface area (Å²) in [5, 5.41) is 3.07. The molecule has 1 aromatic rings. The number of aryl methyl sites for hydroxylation is 1. The zero-order chi connectivity index (χ0) is 15.4. The molecule has 21 heavy (non-hydrogen) atoms. The maximum absolute atomic E-state index is 12.5. The van der Waals surface area contributed by atoms with Gasteiger partial charge >= 0.3 is 0 Å². The Hall–Kier alpha value is -1.55. The Morgan fingerprint density at radius 3 is 2.62 bits per heavy atom. The van der Waals surface area contributed by atoms with Crippen LogP contribution in [0.1, 0.15) is 37.7 Å². The van der Waals surface area contributed by atoms with Gasteiger partial charge in [-0.1, -0.05) is 19.3 Å². The van der Waals surface area contributed by atoms with Crippen molar-refractivity contribution in [3.8, 4) is 0 Å². The number of benzene rings is 1. The number of carbonyl (C=O) groups excluding carboxylic acids is 1. The highest BCUT2D eigenvalue weighted by Crippen LogP contribution is 2.26. The van der Waals surface area contributed by atoms with Crippen molar-refractivity contribution in [2.45, 2.75) is 45.1 Å². The van der Waals surface area contributed by atoms with Crippen molar-refractivity contribution in [3.05, 3.63) is 23.8 Å². The maximum Gasteiger partial charge on any atom is 0.229 e. The van der Waals surface area contributed by atoms with Crippen LogP contribution in [0.3, 0.4) is 0 Å². The summed E-state index contributed by atoms with van der Waals surface area (Å²) in [5.41, 5.74) is 9.27. The fourth-order valence-electron chi connectivity index (χ4n) is 2.95. The van der Waals surface area contributed by atoms with E-state index in [-0.39, 0.29) is 17.9 Å². The number of amides is 1. The second kappa shape index (κ2) is 6.94. The SMILES string of the molecule is Cc1cc(N(C)C)ccc1NC(=O)C1CCCCCC1N. The van der Waals surface area contributed by atoms with Gasteiger partial charge in [-0.25, -0.2) is 0 Å². The van der Waals surface area contributed by atoms with Gasteiger partial charge in [0, 0.05) is 31.5 Å². The first-order valence-electron chi connectivity index (χ1n) is 7.83. The van der Waals surface area contributed by atoms with Crippen LogP contribution >= 0.6 is 0 Å². The first-order valence-corrected chi connectivity index (χ1v) is 7.83. The van der Waals surface area contributed by atoms with Crippen LogP contribution < -0.4 is 16.0 Å². The maximum atomic E-state index is 12.5. The number of hydrogen-bond acceptors (Lipinski definition) is 3. The molecule has 0 radical (unpaired) electrons. The number of anilines is 2. The fraction of sp³-hybridized carbons (Fsp3) is 0.588. The molecule has 2 atom stereocenters. The summed E-state index contributed by atoms with van der Waals surface area (Å²) in [7, 11) is 4.02. The van der Waals surface area contributed by atoms with Gasteiger partial charge in [-0.15, -0.1) is 0 Å². The van der Waals surface area contributed by atoms with E-state index in [4.69, 9.17) is 5.73 Å². The number of rotatable bonds is 3. The van der Waals surface area contributed by atoms with Gasteiger partial charge in [-0.05, 0) is 43.5 Å². The summed E-state index contributed by atoms with van der Waals surface area (Å²) in [6, 6.07) is 6.08. The lowest BCUT2D eigenvalue weighted by Gasteiger charge is -2.22. The summed E-state index contributed by atoms with van der Waals surface area (Å²) in [6.45, 7) is 2.02. The number of nitrogens with zero attached hydrogens (tertiary/aromatic N) is 1. The molecular formula is C17H27N3O. The molecular weight excluding hydrogens is 262 g/mol. The molecule has 1 aliphatic rings. The molecule has 0 heterocycles. The second-order valence-corrected chi connectivity index (χ2v) is 6.29. The van der Waals surface area contributed by atoms with Crippen molar-refractivity contribution in [1.29, 1.82) is 0 Å². The Balaban J connectivity index is 2.08. The summed E-state index contributed by atoms with van der Waals surface area (Å²) in [4.78, 5) is 14.6. The number of nitrogens with two attached hydrogens (primary N) is 1. The molecule has 1 aliphatic carbocycles. The lowest BCUT2D eigenvalue weighted by atomic mass is 9.94. The van der Waals surface area contributed by atoms with E-state index in [1.165, 1.54) is 6.42 Å². The first kappa shape index (κ1) is 15.8. The van der Waals surface area contributed by atoms with Crippen molar-refractivity contribution in [2.75, 3.05) is 24.3 Å². The quantitative estimate of drug-likeness (QED) is 0.841. The Kier molecular flexibility index (Phi) is 5.23. The molecule has 2 unspecified atom stereocenters. The molecule has 1 saturated carbocycles. The predicted octanol–water partition coefficient (Wildman–Crippen LogP) is 2.91. The normalized spacial score (nSPS) is 22.5. The first-order chi connectivity index (χ1) is 9.99. The van der Waals surface area contributed by atoms with Crippen LogP contribution in [-0.4, -0.2) is 26.0 Å². The third-order valence-electron chi connectivity index (χ3n) is 4.39. The molecule has 1 amide bonds. The van der Waals surface area contributed by atoms with Gasteiger partial charge in [-0.2, -0.15) is 0 Å². The van der Waals surface area contributed by atoms with Crippen LogP contribution in [0, 0.1) is 12.8 Å². The summed E-state index contributed by atoms with van der Waals surface area (Å²) in [5.74, 6) is 0.0190. The standard InChI is InChI=1S/C17H27N3O/c1-12-11-13(20(2)3)9-10-16(12)19-17(21)14-7-5-4-6-8-15(14)18/h9-11,14-15H,4-8,18H2,1-3H3,(H,19,21). The minimum atomic E-state index is -0.0552. The van der Waals surface area contributed by atoms with E-state index in [2.05, 4.69) is 16.3 Å². The average Bonchev–Trinajstić information content (AvgIpc) is 2.65. The van der Waals surface area contributed by atoms with Crippen molar-refractivity contribution < 1.29 is 4.79 Å². The highest BCUT2D eigenvalue weighted by atomic mass is 16.1. The molecule has 3 N–H and O–H groups in total. The van der Waals surface area contributed by atoms with Gasteiger partial charge in [0.2, 0.25) is 5.91 Å². The van der Waals surface area contributed by atoms with E-state index in [1.54, 1.807) is 0 Å². The zero-order valence-corrected chi connectivity index (χ0v) is 13.4. The van der Waals surface area contributed by atoms with Crippen molar-refractivity contribution >= 4 is 17.3 Å². The Morgan fingerprint density at radius 1 is 1.24 bits per heavy atom. The molecule has 0 bridgehead atoms. The van der Waals surface area contributed by atoms with Crippen LogP contribution in [-0.2, 0) is 4.79 Å². The van der Waals surface area contributed by atoms with Crippen LogP contribution in [0.15, 0.2) is 18.2 Å². The summed E-state index contributed by atoms with van der Waals surface area (Å²) < 4.78 is 0. The number of carbonyl (C=O) groups is 1. The molecule has 0 aromatic heterocycles. The van der Waals surface area contributed by atoms with Gasteiger partial charge in [0.05, 0.1) is 5.92 Å². The van der Waals surface area contributed by atoms with Crippen LogP contribution in [0.4, 0.5) is 11.4 Å². The van der Waals surface area contributed by atoms with Crippen molar-refractivity contribution in [3.63, 3.8) is 0 Å². The minimum Gasteiger partial charge on any atom is -0.378 e. The van der Waals surface area contributed by atoms with Gasteiger partial charge in [0.1, 0.15) is 0 Å². The van der Waals surface area contributed by atoms with Crippen LogP contribution in [0.2, 0.25) is 0 Å². The topological polar surface area (TPSA) is 58.4 Å². The van der Waals surface area contributed by atoms with Gasteiger partial charge in [0.15, 0.2) is 0 Å².